The monoisotopic (exact) mass is 441 g/mol. The predicted molar refractivity (Wildman–Crippen MR) is 119 cm³/mol. The first-order chi connectivity index (χ1) is 14.8. The van der Waals surface area contributed by atoms with Crippen LogP contribution in [0.4, 0.5) is 5.82 Å². The minimum atomic E-state index is -1.14. The van der Waals surface area contributed by atoms with Gasteiger partial charge < -0.3 is 21.1 Å². The average molecular weight is 442 g/mol. The Kier molecular flexibility index (Phi) is 7.14. The zero-order chi connectivity index (χ0) is 22.4. The topological polar surface area (TPSA) is 133 Å². The van der Waals surface area contributed by atoms with E-state index in [4.69, 9.17) is 5.11 Å². The Bertz CT molecular complexity index is 1110. The maximum absolute atomic E-state index is 12.0. The van der Waals surface area contributed by atoms with Crippen LogP contribution in [0.3, 0.4) is 0 Å². The lowest BCUT2D eigenvalue weighted by molar-refractivity contribution is -0.137. The predicted octanol–water partition coefficient (Wildman–Crippen LogP) is 2.09. The van der Waals surface area contributed by atoms with Crippen LogP contribution in [0.5, 0.6) is 0 Å². The van der Waals surface area contributed by atoms with E-state index in [1.165, 1.54) is 11.9 Å². The molecule has 0 bridgehead atoms. The van der Waals surface area contributed by atoms with Gasteiger partial charge in [-0.05, 0) is 19.4 Å². The minimum absolute atomic E-state index is 0.126. The van der Waals surface area contributed by atoms with Crippen molar-refractivity contribution in [3.05, 3.63) is 41.0 Å². The molecule has 0 atom stereocenters. The summed E-state index contributed by atoms with van der Waals surface area (Å²) in [4.78, 5) is 44.6. The SMILES string of the molecule is Cc1ccc(-c2c(C)sc3ncnc(NCCC(=O)NCC(=O)NCC(=O)O)c23)cc1. The number of aryl methyl sites for hydroxylation is 2. The van der Waals surface area contributed by atoms with Crippen LogP contribution in [0.15, 0.2) is 30.6 Å². The number of carboxylic acid groups (broad SMARTS) is 1. The van der Waals surface area contributed by atoms with Gasteiger partial charge in [-0.1, -0.05) is 29.8 Å². The second kappa shape index (κ2) is 9.98. The second-order valence-electron chi connectivity index (χ2n) is 6.93. The molecule has 2 amide bonds. The molecule has 0 radical (unpaired) electrons. The molecule has 0 aliphatic rings. The highest BCUT2D eigenvalue weighted by atomic mass is 32.1. The van der Waals surface area contributed by atoms with Gasteiger partial charge in [-0.3, -0.25) is 14.4 Å². The fourth-order valence-corrected chi connectivity index (χ4v) is 4.06. The lowest BCUT2D eigenvalue weighted by Gasteiger charge is -2.10. The van der Waals surface area contributed by atoms with Crippen molar-refractivity contribution in [2.75, 3.05) is 25.0 Å². The number of aliphatic carboxylic acids is 1. The Balaban J connectivity index is 1.64. The van der Waals surface area contributed by atoms with Crippen molar-refractivity contribution < 1.29 is 19.5 Å². The van der Waals surface area contributed by atoms with Gasteiger partial charge in [0.05, 0.1) is 11.9 Å². The van der Waals surface area contributed by atoms with Crippen molar-refractivity contribution >= 4 is 45.2 Å². The molecule has 0 aliphatic heterocycles. The third-order valence-electron chi connectivity index (χ3n) is 4.53. The number of carbonyl (C=O) groups is 3. The molecule has 2 aromatic heterocycles. The summed E-state index contributed by atoms with van der Waals surface area (Å²) in [5, 5.41) is 17.3. The standard InChI is InChI=1S/C21H23N5O4S/c1-12-3-5-14(6-4-12)18-13(2)31-21-19(18)20(25-11-26-21)22-8-7-15(27)23-9-16(28)24-10-17(29)30/h3-6,11H,7-10H2,1-2H3,(H,23,27)(H,24,28)(H,29,30)(H,22,25,26). The van der Waals surface area contributed by atoms with Crippen LogP contribution in [-0.2, 0) is 14.4 Å². The molecular formula is C21H23N5O4S. The minimum Gasteiger partial charge on any atom is -0.480 e. The number of fused-ring (bicyclic) bond motifs is 1. The van der Waals surface area contributed by atoms with Gasteiger partial charge in [-0.25, -0.2) is 9.97 Å². The van der Waals surface area contributed by atoms with E-state index in [2.05, 4.69) is 50.2 Å². The number of benzene rings is 1. The van der Waals surface area contributed by atoms with Crippen LogP contribution in [0.1, 0.15) is 16.9 Å². The van der Waals surface area contributed by atoms with E-state index >= 15 is 0 Å². The van der Waals surface area contributed by atoms with Crippen molar-refractivity contribution in [2.24, 2.45) is 0 Å². The van der Waals surface area contributed by atoms with E-state index < -0.39 is 18.4 Å². The number of rotatable bonds is 9. The smallest absolute Gasteiger partial charge is 0.322 e. The first kappa shape index (κ1) is 22.2. The Hall–Kier alpha value is -3.53. The van der Waals surface area contributed by atoms with Crippen molar-refractivity contribution in [3.8, 4) is 11.1 Å². The molecule has 0 saturated heterocycles. The van der Waals surface area contributed by atoms with Gasteiger partial charge in [0.15, 0.2) is 0 Å². The number of thiophene rings is 1. The molecule has 0 unspecified atom stereocenters. The number of nitrogens with zero attached hydrogens (tertiary/aromatic N) is 2. The molecule has 0 spiro atoms. The summed E-state index contributed by atoms with van der Waals surface area (Å²) in [5.41, 5.74) is 3.33. The number of anilines is 1. The van der Waals surface area contributed by atoms with Gasteiger partial charge in [0, 0.05) is 23.4 Å². The van der Waals surface area contributed by atoms with Crippen LogP contribution >= 0.6 is 11.3 Å². The van der Waals surface area contributed by atoms with Crippen LogP contribution in [-0.4, -0.2) is 52.5 Å². The largest absolute Gasteiger partial charge is 0.480 e. The molecule has 1 aromatic carbocycles. The van der Waals surface area contributed by atoms with Gasteiger partial charge in [-0.2, -0.15) is 0 Å². The molecule has 9 nitrogen and oxygen atoms in total. The summed E-state index contributed by atoms with van der Waals surface area (Å²) in [6.07, 6.45) is 1.62. The highest BCUT2D eigenvalue weighted by Gasteiger charge is 2.17. The van der Waals surface area contributed by atoms with E-state index in [1.54, 1.807) is 11.3 Å². The summed E-state index contributed by atoms with van der Waals surface area (Å²) in [6, 6.07) is 8.27. The summed E-state index contributed by atoms with van der Waals surface area (Å²) < 4.78 is 0. The fraction of sp³-hybridized carbons (Fsp3) is 0.286. The average Bonchev–Trinajstić information content (AvgIpc) is 3.08. The van der Waals surface area contributed by atoms with Gasteiger partial charge in [0.1, 0.15) is 23.5 Å². The quantitative estimate of drug-likeness (QED) is 0.400. The third kappa shape index (κ3) is 5.76. The Labute approximate surface area is 182 Å². The normalized spacial score (nSPS) is 10.6. The third-order valence-corrected chi connectivity index (χ3v) is 5.55. The number of hydrogen-bond acceptors (Lipinski definition) is 7. The Morgan fingerprint density at radius 2 is 1.71 bits per heavy atom. The number of carboxylic acids is 1. The van der Waals surface area contributed by atoms with E-state index in [0.29, 0.717) is 12.4 Å². The maximum Gasteiger partial charge on any atom is 0.322 e. The molecule has 0 aliphatic carbocycles. The molecule has 162 valence electrons. The van der Waals surface area contributed by atoms with Gasteiger partial charge in [0.2, 0.25) is 11.8 Å². The summed E-state index contributed by atoms with van der Waals surface area (Å²) in [5.74, 6) is -1.38. The molecule has 31 heavy (non-hydrogen) atoms. The summed E-state index contributed by atoms with van der Waals surface area (Å²) >= 11 is 1.59. The number of hydrogen-bond donors (Lipinski definition) is 4. The first-order valence-corrected chi connectivity index (χ1v) is 10.5. The molecule has 4 N–H and O–H groups in total. The highest BCUT2D eigenvalue weighted by molar-refractivity contribution is 7.19. The lowest BCUT2D eigenvalue weighted by atomic mass is 10.0. The van der Waals surface area contributed by atoms with E-state index in [0.717, 1.165) is 26.2 Å². The van der Waals surface area contributed by atoms with Gasteiger partial charge in [-0.15, -0.1) is 11.3 Å². The highest BCUT2D eigenvalue weighted by Crippen LogP contribution is 2.40. The van der Waals surface area contributed by atoms with E-state index in [-0.39, 0.29) is 18.9 Å². The number of nitrogens with one attached hydrogen (secondary N) is 3. The van der Waals surface area contributed by atoms with Crippen LogP contribution in [0, 0.1) is 13.8 Å². The molecule has 0 fully saturated rings. The zero-order valence-corrected chi connectivity index (χ0v) is 18.0. The summed E-state index contributed by atoms with van der Waals surface area (Å²) in [7, 11) is 0. The van der Waals surface area contributed by atoms with Crippen LogP contribution < -0.4 is 16.0 Å². The summed E-state index contributed by atoms with van der Waals surface area (Å²) in [6.45, 7) is 3.65. The molecule has 2 heterocycles. The number of carbonyl (C=O) groups excluding carboxylic acids is 2. The van der Waals surface area contributed by atoms with E-state index in [9.17, 15) is 14.4 Å². The van der Waals surface area contributed by atoms with Gasteiger partial charge in [0.25, 0.3) is 0 Å². The maximum atomic E-state index is 12.0. The van der Waals surface area contributed by atoms with Crippen molar-refractivity contribution in [3.63, 3.8) is 0 Å². The molecule has 0 saturated carbocycles. The Morgan fingerprint density at radius 3 is 2.42 bits per heavy atom. The van der Waals surface area contributed by atoms with Crippen LogP contribution in [0.25, 0.3) is 21.3 Å². The van der Waals surface area contributed by atoms with Crippen LogP contribution in [0.2, 0.25) is 0 Å². The van der Waals surface area contributed by atoms with Crippen molar-refractivity contribution in [1.82, 2.24) is 20.6 Å². The Morgan fingerprint density at radius 1 is 1.00 bits per heavy atom. The zero-order valence-electron chi connectivity index (χ0n) is 17.2. The lowest BCUT2D eigenvalue weighted by Crippen LogP contribution is -2.39. The second-order valence-corrected chi connectivity index (χ2v) is 8.13. The molecule has 10 heteroatoms. The fourth-order valence-electron chi connectivity index (χ4n) is 3.04. The molecular weight excluding hydrogens is 418 g/mol. The number of aromatic nitrogens is 2. The van der Waals surface area contributed by atoms with Crippen molar-refractivity contribution in [1.29, 1.82) is 0 Å². The van der Waals surface area contributed by atoms with Crippen molar-refractivity contribution in [2.45, 2.75) is 20.3 Å². The van der Waals surface area contributed by atoms with E-state index in [1.807, 2.05) is 13.8 Å². The molecule has 3 aromatic rings. The van der Waals surface area contributed by atoms with Gasteiger partial charge >= 0.3 is 5.97 Å². The first-order valence-electron chi connectivity index (χ1n) is 9.65. The number of amides is 2. The molecule has 3 rings (SSSR count).